The lowest BCUT2D eigenvalue weighted by Gasteiger charge is -2.41. The molecule has 2 aliphatic rings. The molecule has 0 amide bonds. The van der Waals surface area contributed by atoms with Crippen LogP contribution in [0.1, 0.15) is 33.1 Å². The van der Waals surface area contributed by atoms with E-state index in [0.29, 0.717) is 38.7 Å². The van der Waals surface area contributed by atoms with Gasteiger partial charge in [-0.05, 0) is 38.6 Å². The van der Waals surface area contributed by atoms with Gasteiger partial charge in [0.15, 0.2) is 0 Å². The van der Waals surface area contributed by atoms with Gasteiger partial charge in [-0.15, -0.1) is 0 Å². The minimum Gasteiger partial charge on any atom is -0.375 e. The molecule has 6 nitrogen and oxygen atoms in total. The van der Waals surface area contributed by atoms with E-state index in [9.17, 15) is 8.42 Å². The van der Waals surface area contributed by atoms with Gasteiger partial charge in [0.05, 0.1) is 12.7 Å². The first-order valence-corrected chi connectivity index (χ1v) is 8.97. The highest BCUT2D eigenvalue weighted by atomic mass is 32.2. The molecule has 0 radical (unpaired) electrons. The standard InChI is InChI=1S/C13H27N3O3S/c1-3-13-10-19-11(2)9-16(13)20(17,18)15-6-4-12(8-14)5-7-15/h11-13H,3-10,14H2,1-2H3. The number of ether oxygens (including phenoxy) is 1. The highest BCUT2D eigenvalue weighted by Gasteiger charge is 2.39. The fourth-order valence-corrected chi connectivity index (χ4v) is 4.90. The molecule has 0 spiro atoms. The minimum atomic E-state index is -3.37. The van der Waals surface area contributed by atoms with Crippen molar-refractivity contribution < 1.29 is 13.2 Å². The predicted octanol–water partition coefficient (Wildman–Crippen LogP) is 0.401. The topological polar surface area (TPSA) is 75.9 Å². The first-order chi connectivity index (χ1) is 9.48. The second kappa shape index (κ2) is 6.70. The van der Waals surface area contributed by atoms with Crippen LogP contribution >= 0.6 is 0 Å². The zero-order valence-corrected chi connectivity index (χ0v) is 13.3. The van der Waals surface area contributed by atoms with Crippen molar-refractivity contribution in [1.29, 1.82) is 0 Å². The summed E-state index contributed by atoms with van der Waals surface area (Å²) in [6.45, 7) is 6.72. The van der Waals surface area contributed by atoms with E-state index in [-0.39, 0.29) is 12.1 Å². The lowest BCUT2D eigenvalue weighted by atomic mass is 9.99. The number of rotatable bonds is 4. The Hall–Kier alpha value is -0.210. The quantitative estimate of drug-likeness (QED) is 0.816. The number of nitrogens with two attached hydrogens (primary N) is 1. The van der Waals surface area contributed by atoms with Gasteiger partial charge in [-0.25, -0.2) is 0 Å². The van der Waals surface area contributed by atoms with Gasteiger partial charge in [0.1, 0.15) is 0 Å². The Kier molecular flexibility index (Phi) is 5.42. The molecule has 0 aromatic rings. The monoisotopic (exact) mass is 305 g/mol. The zero-order valence-electron chi connectivity index (χ0n) is 12.5. The third kappa shape index (κ3) is 3.33. The summed E-state index contributed by atoms with van der Waals surface area (Å²) in [4.78, 5) is 0. The average molecular weight is 305 g/mol. The molecule has 2 aliphatic heterocycles. The molecule has 2 N–H and O–H groups in total. The van der Waals surface area contributed by atoms with Crippen molar-refractivity contribution in [2.24, 2.45) is 11.7 Å². The van der Waals surface area contributed by atoms with Gasteiger partial charge in [0, 0.05) is 25.7 Å². The van der Waals surface area contributed by atoms with Crippen LogP contribution in [0.4, 0.5) is 0 Å². The Labute approximate surface area is 122 Å². The van der Waals surface area contributed by atoms with Crippen LogP contribution in [0, 0.1) is 5.92 Å². The van der Waals surface area contributed by atoms with E-state index in [2.05, 4.69) is 0 Å². The van der Waals surface area contributed by atoms with E-state index in [1.54, 1.807) is 8.61 Å². The normalized spacial score (nSPS) is 31.6. The maximum absolute atomic E-state index is 12.8. The van der Waals surface area contributed by atoms with E-state index in [1.165, 1.54) is 0 Å². The largest absolute Gasteiger partial charge is 0.375 e. The molecule has 2 atom stereocenters. The summed E-state index contributed by atoms with van der Waals surface area (Å²) in [7, 11) is -3.37. The van der Waals surface area contributed by atoms with Crippen molar-refractivity contribution >= 4 is 10.2 Å². The van der Waals surface area contributed by atoms with Crippen LogP contribution in [0.3, 0.4) is 0 Å². The summed E-state index contributed by atoms with van der Waals surface area (Å²) in [5.74, 6) is 0.465. The summed E-state index contributed by atoms with van der Waals surface area (Å²) in [5, 5.41) is 0. The maximum Gasteiger partial charge on any atom is 0.282 e. The molecule has 2 saturated heterocycles. The molecule has 0 bridgehead atoms. The fourth-order valence-electron chi connectivity index (χ4n) is 2.94. The molecule has 7 heteroatoms. The predicted molar refractivity (Wildman–Crippen MR) is 78.5 cm³/mol. The molecule has 0 aliphatic carbocycles. The van der Waals surface area contributed by atoms with Gasteiger partial charge in [0.2, 0.25) is 0 Å². The summed E-state index contributed by atoms with van der Waals surface area (Å²) in [6.07, 6.45) is 2.48. The maximum atomic E-state index is 12.8. The fraction of sp³-hybridized carbons (Fsp3) is 1.00. The van der Waals surface area contributed by atoms with Crippen LogP contribution < -0.4 is 5.73 Å². The summed E-state index contributed by atoms with van der Waals surface area (Å²) < 4.78 is 34.5. The van der Waals surface area contributed by atoms with Crippen LogP contribution in [0.5, 0.6) is 0 Å². The Morgan fingerprint density at radius 2 is 1.95 bits per heavy atom. The van der Waals surface area contributed by atoms with Crippen molar-refractivity contribution in [3.8, 4) is 0 Å². The molecule has 2 heterocycles. The summed E-state index contributed by atoms with van der Waals surface area (Å²) >= 11 is 0. The number of hydrogen-bond acceptors (Lipinski definition) is 4. The highest BCUT2D eigenvalue weighted by molar-refractivity contribution is 7.86. The van der Waals surface area contributed by atoms with Crippen molar-refractivity contribution in [2.75, 3.05) is 32.8 Å². The van der Waals surface area contributed by atoms with Crippen molar-refractivity contribution in [3.05, 3.63) is 0 Å². The number of morpholine rings is 1. The van der Waals surface area contributed by atoms with Crippen LogP contribution in [0.25, 0.3) is 0 Å². The number of nitrogens with zero attached hydrogens (tertiary/aromatic N) is 2. The van der Waals surface area contributed by atoms with Crippen molar-refractivity contribution in [2.45, 2.75) is 45.3 Å². The first-order valence-electron chi connectivity index (χ1n) is 7.57. The summed E-state index contributed by atoms with van der Waals surface area (Å²) in [5.41, 5.74) is 5.67. The van der Waals surface area contributed by atoms with Gasteiger partial charge in [-0.2, -0.15) is 17.0 Å². The minimum absolute atomic E-state index is 0.0332. The van der Waals surface area contributed by atoms with E-state index >= 15 is 0 Å². The average Bonchev–Trinajstić information content (AvgIpc) is 2.47. The molecule has 20 heavy (non-hydrogen) atoms. The molecule has 118 valence electrons. The van der Waals surface area contributed by atoms with E-state index in [4.69, 9.17) is 10.5 Å². The second-order valence-electron chi connectivity index (χ2n) is 5.86. The summed E-state index contributed by atoms with van der Waals surface area (Å²) in [6, 6.07) is -0.0385. The smallest absolute Gasteiger partial charge is 0.282 e. The molecular weight excluding hydrogens is 278 g/mol. The van der Waals surface area contributed by atoms with Crippen molar-refractivity contribution in [1.82, 2.24) is 8.61 Å². The van der Waals surface area contributed by atoms with Crippen LogP contribution in [-0.2, 0) is 14.9 Å². The molecule has 2 fully saturated rings. The molecular formula is C13H27N3O3S. The van der Waals surface area contributed by atoms with Gasteiger partial charge in [0.25, 0.3) is 10.2 Å². The molecule has 2 unspecified atom stereocenters. The van der Waals surface area contributed by atoms with E-state index < -0.39 is 10.2 Å². The third-order valence-corrected chi connectivity index (χ3v) is 6.48. The number of hydrogen-bond donors (Lipinski definition) is 1. The lowest BCUT2D eigenvalue weighted by Crippen LogP contribution is -2.56. The number of piperidine rings is 1. The third-order valence-electron chi connectivity index (χ3n) is 4.42. The van der Waals surface area contributed by atoms with Crippen LogP contribution in [0.15, 0.2) is 0 Å². The lowest BCUT2D eigenvalue weighted by molar-refractivity contribution is -0.0253. The highest BCUT2D eigenvalue weighted by Crippen LogP contribution is 2.25. The molecule has 0 saturated carbocycles. The zero-order chi connectivity index (χ0) is 14.8. The van der Waals surface area contributed by atoms with Gasteiger partial charge in [-0.1, -0.05) is 6.92 Å². The molecule has 0 aromatic heterocycles. The Morgan fingerprint density at radius 3 is 2.50 bits per heavy atom. The van der Waals surface area contributed by atoms with Gasteiger partial charge >= 0.3 is 0 Å². The Bertz CT molecular complexity index is 407. The Balaban J connectivity index is 2.08. The van der Waals surface area contributed by atoms with E-state index in [1.807, 2.05) is 13.8 Å². The van der Waals surface area contributed by atoms with Crippen LogP contribution in [-0.4, -0.2) is 62.0 Å². The van der Waals surface area contributed by atoms with Crippen molar-refractivity contribution in [3.63, 3.8) is 0 Å². The SMILES string of the molecule is CCC1COC(C)CN1S(=O)(=O)N1CCC(CN)CC1. The van der Waals surface area contributed by atoms with E-state index in [0.717, 1.165) is 19.3 Å². The Morgan fingerprint density at radius 1 is 1.30 bits per heavy atom. The van der Waals surface area contributed by atoms with Crippen LogP contribution in [0.2, 0.25) is 0 Å². The first kappa shape index (κ1) is 16.2. The molecule has 0 aromatic carbocycles. The second-order valence-corrected chi connectivity index (χ2v) is 7.74. The van der Waals surface area contributed by atoms with Gasteiger partial charge < -0.3 is 10.5 Å². The van der Waals surface area contributed by atoms with Gasteiger partial charge in [-0.3, -0.25) is 0 Å². The molecule has 2 rings (SSSR count).